The highest BCUT2D eigenvalue weighted by molar-refractivity contribution is 5.81. The van der Waals surface area contributed by atoms with E-state index in [1.165, 1.54) is 16.7 Å². The summed E-state index contributed by atoms with van der Waals surface area (Å²) >= 11 is 0. The highest BCUT2D eigenvalue weighted by atomic mass is 16.6. The van der Waals surface area contributed by atoms with Crippen molar-refractivity contribution in [3.05, 3.63) is 101 Å². The van der Waals surface area contributed by atoms with Crippen molar-refractivity contribution < 1.29 is 19.4 Å². The van der Waals surface area contributed by atoms with Gasteiger partial charge in [-0.3, -0.25) is 15.0 Å². The van der Waals surface area contributed by atoms with Crippen LogP contribution in [0.1, 0.15) is 22.3 Å². The maximum atomic E-state index is 13.7. The molecule has 9 nitrogen and oxygen atoms in total. The summed E-state index contributed by atoms with van der Waals surface area (Å²) < 4.78 is 12.3. The summed E-state index contributed by atoms with van der Waals surface area (Å²) in [5, 5.41) is 17.6. The zero-order valence-electron chi connectivity index (χ0n) is 23.5. The molecule has 3 aromatic carbocycles. The van der Waals surface area contributed by atoms with E-state index in [1.54, 1.807) is 12.1 Å². The Morgan fingerprint density at radius 3 is 2.54 bits per heavy atom. The van der Waals surface area contributed by atoms with Gasteiger partial charge in [0.1, 0.15) is 24.2 Å². The molecule has 4 aliphatic rings. The summed E-state index contributed by atoms with van der Waals surface area (Å²) in [6.07, 6.45) is 0.186. The number of benzene rings is 3. The lowest BCUT2D eigenvalue weighted by Crippen LogP contribution is -2.55. The van der Waals surface area contributed by atoms with E-state index in [0.717, 1.165) is 18.7 Å². The number of phenolic OH excluding ortho intramolecular Hbond substituents is 1. The van der Waals surface area contributed by atoms with Gasteiger partial charge >= 0.3 is 0 Å². The van der Waals surface area contributed by atoms with Crippen molar-refractivity contribution in [3.8, 4) is 5.75 Å². The Labute approximate surface area is 240 Å². The number of rotatable bonds is 9. The molecule has 4 fully saturated rings. The molecule has 0 aromatic heterocycles. The number of phenols is 1. The average Bonchev–Trinajstić information content (AvgIpc) is 3.89. The molecule has 4 saturated heterocycles. The molecule has 0 spiro atoms. The Morgan fingerprint density at radius 1 is 0.976 bits per heavy atom. The number of ether oxygens (including phenoxy) is 2. The monoisotopic (exact) mass is 555 g/mol. The minimum Gasteiger partial charge on any atom is -0.508 e. The number of carbonyl (C=O) groups is 1. The van der Waals surface area contributed by atoms with Gasteiger partial charge in [0.2, 0.25) is 5.91 Å². The summed E-state index contributed by atoms with van der Waals surface area (Å²) in [6.45, 7) is 4.57. The third kappa shape index (κ3) is 5.49. The molecule has 6 atom stereocenters. The molecule has 4 aliphatic heterocycles. The molecule has 0 radical (unpaired) electrons. The lowest BCUT2D eigenvalue weighted by atomic mass is 10.0. The van der Waals surface area contributed by atoms with Gasteiger partial charge in [0, 0.05) is 26.7 Å². The maximum absolute atomic E-state index is 13.7. The van der Waals surface area contributed by atoms with Gasteiger partial charge in [0.25, 0.3) is 0 Å². The van der Waals surface area contributed by atoms with Crippen LogP contribution in [0.4, 0.5) is 0 Å². The molecule has 214 valence electrons. The number of nitrogens with one attached hydrogen (secondary N) is 1. The van der Waals surface area contributed by atoms with Crippen LogP contribution in [0.5, 0.6) is 5.75 Å². The Hall–Kier alpha value is -3.31. The maximum Gasteiger partial charge on any atom is 0.240 e. The Bertz CT molecular complexity index is 1390. The molecular weight excluding hydrogens is 518 g/mol. The van der Waals surface area contributed by atoms with Crippen LogP contribution in [-0.2, 0) is 33.8 Å². The molecule has 3 aromatic rings. The number of aryl methyl sites for hydroxylation is 1. The third-order valence-electron chi connectivity index (χ3n) is 8.69. The smallest absolute Gasteiger partial charge is 0.240 e. The van der Waals surface area contributed by atoms with Crippen LogP contribution < -0.4 is 5.32 Å². The fourth-order valence-corrected chi connectivity index (χ4v) is 6.49. The fourth-order valence-electron chi connectivity index (χ4n) is 6.49. The average molecular weight is 556 g/mol. The van der Waals surface area contributed by atoms with Crippen LogP contribution in [-0.4, -0.2) is 88.0 Å². The van der Waals surface area contributed by atoms with Crippen LogP contribution >= 0.6 is 0 Å². The minimum absolute atomic E-state index is 0.0411. The summed E-state index contributed by atoms with van der Waals surface area (Å²) in [6, 6.07) is 26.1. The number of aromatic hydroxyl groups is 1. The van der Waals surface area contributed by atoms with Crippen molar-refractivity contribution in [2.45, 2.75) is 63.4 Å². The van der Waals surface area contributed by atoms with E-state index in [1.807, 2.05) is 37.4 Å². The summed E-state index contributed by atoms with van der Waals surface area (Å²) in [5.74, 6) is 0.342. The number of carbonyl (C=O) groups excluding carboxylic acids is 1. The van der Waals surface area contributed by atoms with E-state index < -0.39 is 0 Å². The fraction of sp³-hybridized carbons (Fsp3) is 0.406. The second kappa shape index (κ2) is 10.8. The first-order chi connectivity index (χ1) is 19.9. The number of likely N-dealkylation sites (N-methyl/N-ethyl adjacent to an activating group) is 1. The summed E-state index contributed by atoms with van der Waals surface area (Å²) in [4.78, 5) is 18.2. The highest BCUT2D eigenvalue weighted by Crippen LogP contribution is 2.41. The number of amides is 1. The number of hydrogen-bond acceptors (Lipinski definition) is 8. The standard InChI is InChI=1S/C32H37N5O4/c1-21-7-6-10-24(15-21)18-35-19-27-36(34(2)32-30(41-32)33-17-23-8-4-3-5-9-23)20-28(39)37(27)26(29-31(35)40-29)16-22-11-13-25(38)14-12-22/h3-15,26-27,29-33,38H,16-20H2,1-2H3/t26-,27+,29?,30?,31?,32?/m0/s1. The van der Waals surface area contributed by atoms with Gasteiger partial charge in [-0.15, -0.1) is 0 Å². The zero-order chi connectivity index (χ0) is 28.1. The van der Waals surface area contributed by atoms with Crippen molar-refractivity contribution in [2.24, 2.45) is 0 Å². The SMILES string of the molecule is Cc1cccc(CN2C[C@H]3N(C(=O)CN3N(C)C3OC3NCc3ccccc3)[C@@H](Cc3ccc(O)cc3)C3OC32)c1. The van der Waals surface area contributed by atoms with Crippen molar-refractivity contribution in [3.63, 3.8) is 0 Å². The topological polar surface area (TPSA) is 87.4 Å². The molecule has 0 saturated carbocycles. The van der Waals surface area contributed by atoms with Gasteiger partial charge in [0.15, 0.2) is 12.5 Å². The number of nitrogens with zero attached hydrogens (tertiary/aromatic N) is 4. The van der Waals surface area contributed by atoms with Gasteiger partial charge in [-0.25, -0.2) is 10.0 Å². The minimum atomic E-state index is -0.144. The normalized spacial score (nSPS) is 29.3. The van der Waals surface area contributed by atoms with E-state index in [2.05, 4.69) is 68.5 Å². The third-order valence-corrected chi connectivity index (χ3v) is 8.69. The molecule has 0 bridgehead atoms. The second-order valence-corrected chi connectivity index (χ2v) is 11.6. The molecule has 9 heteroatoms. The van der Waals surface area contributed by atoms with E-state index >= 15 is 0 Å². The molecule has 0 aliphatic carbocycles. The molecule has 7 rings (SSSR count). The quantitative estimate of drug-likeness (QED) is 0.390. The largest absolute Gasteiger partial charge is 0.508 e. The predicted molar refractivity (Wildman–Crippen MR) is 153 cm³/mol. The van der Waals surface area contributed by atoms with E-state index in [-0.39, 0.29) is 48.7 Å². The first kappa shape index (κ1) is 26.6. The van der Waals surface area contributed by atoms with Crippen LogP contribution in [0.3, 0.4) is 0 Å². The van der Waals surface area contributed by atoms with Gasteiger partial charge in [-0.05, 0) is 42.2 Å². The van der Waals surface area contributed by atoms with Crippen LogP contribution in [0.2, 0.25) is 0 Å². The molecule has 4 unspecified atom stereocenters. The van der Waals surface area contributed by atoms with Gasteiger partial charge in [-0.1, -0.05) is 72.3 Å². The summed E-state index contributed by atoms with van der Waals surface area (Å²) in [5.41, 5.74) is 4.75. The highest BCUT2D eigenvalue weighted by Gasteiger charge is 2.60. The number of fused-ring (bicyclic) bond motifs is 2. The first-order valence-electron chi connectivity index (χ1n) is 14.4. The van der Waals surface area contributed by atoms with Crippen molar-refractivity contribution >= 4 is 5.91 Å². The van der Waals surface area contributed by atoms with E-state index in [9.17, 15) is 9.90 Å². The van der Waals surface area contributed by atoms with Crippen LogP contribution in [0.15, 0.2) is 78.9 Å². The van der Waals surface area contributed by atoms with Gasteiger partial charge in [0.05, 0.1) is 12.6 Å². The van der Waals surface area contributed by atoms with Crippen LogP contribution in [0, 0.1) is 6.92 Å². The first-order valence-corrected chi connectivity index (χ1v) is 14.4. The molecular formula is C32H37N5O4. The van der Waals surface area contributed by atoms with Crippen molar-refractivity contribution in [2.75, 3.05) is 20.1 Å². The number of epoxide rings is 2. The Morgan fingerprint density at radius 2 is 1.76 bits per heavy atom. The summed E-state index contributed by atoms with van der Waals surface area (Å²) in [7, 11) is 2.02. The molecule has 1 amide bonds. The van der Waals surface area contributed by atoms with Gasteiger partial charge < -0.3 is 19.5 Å². The lowest BCUT2D eigenvalue weighted by molar-refractivity contribution is -0.131. The number of hydrazine groups is 1. The van der Waals surface area contributed by atoms with Crippen molar-refractivity contribution in [1.29, 1.82) is 0 Å². The van der Waals surface area contributed by atoms with Crippen molar-refractivity contribution in [1.82, 2.24) is 25.1 Å². The molecule has 41 heavy (non-hydrogen) atoms. The Kier molecular flexibility index (Phi) is 7.02. The van der Waals surface area contributed by atoms with Crippen LogP contribution in [0.25, 0.3) is 0 Å². The molecule has 4 heterocycles. The molecule has 2 N–H and O–H groups in total. The van der Waals surface area contributed by atoms with Gasteiger partial charge in [-0.2, -0.15) is 0 Å². The Balaban J connectivity index is 1.12. The predicted octanol–water partition coefficient (Wildman–Crippen LogP) is 2.64. The second-order valence-electron chi connectivity index (χ2n) is 11.6. The number of hydrogen-bond donors (Lipinski definition) is 2. The lowest BCUT2D eigenvalue weighted by Gasteiger charge is -2.38. The zero-order valence-corrected chi connectivity index (χ0v) is 23.5. The van der Waals surface area contributed by atoms with E-state index in [4.69, 9.17) is 9.47 Å². The van der Waals surface area contributed by atoms with E-state index in [0.29, 0.717) is 19.5 Å².